The van der Waals surface area contributed by atoms with Gasteiger partial charge in [-0.25, -0.2) is 0 Å². The second-order valence-electron chi connectivity index (χ2n) is 6.87. The quantitative estimate of drug-likeness (QED) is 0.811. The lowest BCUT2D eigenvalue weighted by molar-refractivity contribution is -0.145. The summed E-state index contributed by atoms with van der Waals surface area (Å²) < 4.78 is 41.2. The Kier molecular flexibility index (Phi) is 5.18. The third kappa shape index (κ3) is 3.48. The second kappa shape index (κ2) is 7.29. The van der Waals surface area contributed by atoms with E-state index in [1.54, 1.807) is 12.1 Å². The molecule has 2 aromatic rings. The molecule has 1 aromatic heterocycles. The van der Waals surface area contributed by atoms with Gasteiger partial charge in [0.15, 0.2) is 0 Å². The van der Waals surface area contributed by atoms with Gasteiger partial charge >= 0.3 is 6.18 Å². The number of likely N-dealkylation sites (tertiary alicyclic amines) is 1. The van der Waals surface area contributed by atoms with Crippen molar-refractivity contribution in [1.29, 1.82) is 0 Å². The first-order chi connectivity index (χ1) is 13.1. The van der Waals surface area contributed by atoms with Crippen molar-refractivity contribution >= 4 is 17.5 Å². The molecule has 150 valence electrons. The number of aromatic nitrogens is 2. The van der Waals surface area contributed by atoms with Crippen LogP contribution >= 0.6 is 0 Å². The van der Waals surface area contributed by atoms with Crippen molar-refractivity contribution < 1.29 is 22.8 Å². The Labute approximate surface area is 160 Å². The Bertz CT molecular complexity index is 907. The molecule has 3 rings (SSSR count). The normalized spacial score (nSPS) is 19.9. The second-order valence-corrected chi connectivity index (χ2v) is 6.87. The fraction of sp³-hybridized carbons (Fsp3) is 0.421. The Morgan fingerprint density at radius 3 is 2.61 bits per heavy atom. The van der Waals surface area contributed by atoms with E-state index in [2.05, 4.69) is 10.4 Å². The molecule has 2 heterocycles. The SMILES string of the molecule is CCc1ccccc1NC(=O)[C@H]1C(=O)N(C)C[C@@H]1c1cnn(C)c1C(F)(F)F. The highest BCUT2D eigenvalue weighted by molar-refractivity contribution is 6.08. The number of anilines is 1. The molecule has 0 radical (unpaired) electrons. The smallest absolute Gasteiger partial charge is 0.344 e. The van der Waals surface area contributed by atoms with Crippen LogP contribution in [0.4, 0.5) is 18.9 Å². The fourth-order valence-electron chi connectivity index (χ4n) is 3.71. The average molecular weight is 394 g/mol. The maximum atomic E-state index is 13.5. The molecule has 0 aliphatic carbocycles. The number of nitrogens with zero attached hydrogens (tertiary/aromatic N) is 3. The van der Waals surface area contributed by atoms with E-state index in [1.165, 1.54) is 19.0 Å². The van der Waals surface area contributed by atoms with Gasteiger partial charge in [0.05, 0.1) is 6.20 Å². The van der Waals surface area contributed by atoms with E-state index in [-0.39, 0.29) is 12.1 Å². The van der Waals surface area contributed by atoms with Crippen molar-refractivity contribution in [3.05, 3.63) is 47.3 Å². The van der Waals surface area contributed by atoms with E-state index in [4.69, 9.17) is 0 Å². The monoisotopic (exact) mass is 394 g/mol. The Morgan fingerprint density at radius 1 is 1.29 bits per heavy atom. The fourth-order valence-corrected chi connectivity index (χ4v) is 3.71. The van der Waals surface area contributed by atoms with Gasteiger partial charge in [-0.3, -0.25) is 14.3 Å². The first kappa shape index (κ1) is 19.9. The van der Waals surface area contributed by atoms with E-state index in [0.717, 1.165) is 16.4 Å². The number of carbonyl (C=O) groups excluding carboxylic acids is 2. The molecule has 0 spiro atoms. The summed E-state index contributed by atoms with van der Waals surface area (Å²) in [6.45, 7) is 1.94. The molecule has 1 fully saturated rings. The van der Waals surface area contributed by atoms with E-state index in [0.29, 0.717) is 12.1 Å². The van der Waals surface area contributed by atoms with Crippen LogP contribution in [0.2, 0.25) is 0 Å². The molecular formula is C19H21F3N4O2. The Balaban J connectivity index is 1.97. The maximum absolute atomic E-state index is 13.5. The summed E-state index contributed by atoms with van der Waals surface area (Å²) in [5.74, 6) is -3.30. The molecule has 1 aliphatic rings. The third-order valence-electron chi connectivity index (χ3n) is 5.09. The first-order valence-corrected chi connectivity index (χ1v) is 8.88. The number of nitrogens with one attached hydrogen (secondary N) is 1. The zero-order valence-electron chi connectivity index (χ0n) is 15.7. The molecule has 0 bridgehead atoms. The molecule has 0 saturated carbocycles. The first-order valence-electron chi connectivity index (χ1n) is 8.88. The molecule has 2 atom stereocenters. The maximum Gasteiger partial charge on any atom is 0.433 e. The molecule has 1 saturated heterocycles. The van der Waals surface area contributed by atoms with Gasteiger partial charge in [-0.1, -0.05) is 25.1 Å². The average Bonchev–Trinajstić information content (AvgIpc) is 3.15. The summed E-state index contributed by atoms with van der Waals surface area (Å²) in [4.78, 5) is 26.8. The van der Waals surface area contributed by atoms with Crippen LogP contribution in [0, 0.1) is 5.92 Å². The third-order valence-corrected chi connectivity index (χ3v) is 5.09. The van der Waals surface area contributed by atoms with Gasteiger partial charge in [-0.2, -0.15) is 18.3 Å². The zero-order chi connectivity index (χ0) is 20.6. The van der Waals surface area contributed by atoms with Gasteiger partial charge in [-0.15, -0.1) is 0 Å². The van der Waals surface area contributed by atoms with Gasteiger partial charge in [0.1, 0.15) is 11.6 Å². The van der Waals surface area contributed by atoms with E-state index in [1.807, 2.05) is 19.1 Å². The standard InChI is InChI=1S/C19H21F3N4O2/c1-4-11-7-5-6-8-14(11)24-17(27)15-13(10-25(2)18(15)28)12-9-23-26(3)16(12)19(20,21)22/h5-9,13,15H,4,10H2,1-3H3,(H,24,27)/t13-,15+/m1/s1. The number of halogens is 3. The van der Waals surface area contributed by atoms with Crippen LogP contribution < -0.4 is 5.32 Å². The van der Waals surface area contributed by atoms with Gasteiger partial charge < -0.3 is 10.2 Å². The lowest BCUT2D eigenvalue weighted by atomic mass is 9.87. The molecule has 1 aliphatic heterocycles. The number of benzene rings is 1. The Hall–Kier alpha value is -2.84. The van der Waals surface area contributed by atoms with Crippen molar-refractivity contribution in [2.45, 2.75) is 25.4 Å². The van der Waals surface area contributed by atoms with Crippen LogP contribution in [0.3, 0.4) is 0 Å². The largest absolute Gasteiger partial charge is 0.433 e. The molecule has 1 aromatic carbocycles. The summed E-state index contributed by atoms with van der Waals surface area (Å²) in [6, 6.07) is 7.13. The predicted octanol–water partition coefficient (Wildman–Crippen LogP) is 2.81. The molecule has 0 unspecified atom stereocenters. The number of para-hydroxylation sites is 1. The van der Waals surface area contributed by atoms with Gasteiger partial charge in [0.2, 0.25) is 11.8 Å². The lowest BCUT2D eigenvalue weighted by Gasteiger charge is -2.19. The summed E-state index contributed by atoms with van der Waals surface area (Å²) in [5, 5.41) is 6.44. The highest BCUT2D eigenvalue weighted by Crippen LogP contribution is 2.41. The summed E-state index contributed by atoms with van der Waals surface area (Å²) in [5.41, 5.74) is 0.353. The van der Waals surface area contributed by atoms with Gasteiger partial charge in [0, 0.05) is 37.8 Å². The zero-order valence-corrected chi connectivity index (χ0v) is 15.7. The molecular weight excluding hydrogens is 373 g/mol. The molecule has 6 nitrogen and oxygen atoms in total. The van der Waals surface area contributed by atoms with Gasteiger partial charge in [0.25, 0.3) is 0 Å². The van der Waals surface area contributed by atoms with E-state index >= 15 is 0 Å². The number of likely N-dealkylation sites (N-methyl/N-ethyl adjacent to an activating group) is 1. The minimum absolute atomic E-state index is 0.0150. The van der Waals surface area contributed by atoms with Crippen molar-refractivity contribution in [3.8, 4) is 0 Å². The summed E-state index contributed by atoms with van der Waals surface area (Å²) in [7, 11) is 2.67. The van der Waals surface area contributed by atoms with Crippen LogP contribution in [-0.4, -0.2) is 40.1 Å². The molecule has 1 N–H and O–H groups in total. The number of amides is 2. The number of hydrogen-bond donors (Lipinski definition) is 1. The van der Waals surface area contributed by atoms with Crippen molar-refractivity contribution in [2.24, 2.45) is 13.0 Å². The number of hydrogen-bond acceptors (Lipinski definition) is 3. The van der Waals surface area contributed by atoms with Crippen molar-refractivity contribution in [2.75, 3.05) is 18.9 Å². The Morgan fingerprint density at radius 2 is 1.96 bits per heavy atom. The van der Waals surface area contributed by atoms with Crippen LogP contribution in [0.15, 0.2) is 30.5 Å². The minimum Gasteiger partial charge on any atom is -0.344 e. The molecule has 28 heavy (non-hydrogen) atoms. The minimum atomic E-state index is -4.64. The van der Waals surface area contributed by atoms with Crippen LogP contribution in [0.25, 0.3) is 0 Å². The predicted molar refractivity (Wildman–Crippen MR) is 96.5 cm³/mol. The molecule has 2 amide bonds. The summed E-state index contributed by atoms with van der Waals surface area (Å²) >= 11 is 0. The topological polar surface area (TPSA) is 67.2 Å². The van der Waals surface area contributed by atoms with Gasteiger partial charge in [-0.05, 0) is 18.1 Å². The number of aryl methyl sites for hydroxylation is 2. The lowest BCUT2D eigenvalue weighted by Crippen LogP contribution is -2.33. The number of rotatable bonds is 4. The molecule has 9 heteroatoms. The highest BCUT2D eigenvalue weighted by atomic mass is 19.4. The van der Waals surface area contributed by atoms with E-state index in [9.17, 15) is 22.8 Å². The van der Waals surface area contributed by atoms with Crippen molar-refractivity contribution in [1.82, 2.24) is 14.7 Å². The summed E-state index contributed by atoms with van der Waals surface area (Å²) in [6.07, 6.45) is -2.87. The highest BCUT2D eigenvalue weighted by Gasteiger charge is 2.49. The number of alkyl halides is 3. The van der Waals surface area contributed by atoms with Crippen LogP contribution in [-0.2, 0) is 29.2 Å². The van der Waals surface area contributed by atoms with Crippen molar-refractivity contribution in [3.63, 3.8) is 0 Å². The van der Waals surface area contributed by atoms with Crippen LogP contribution in [0.1, 0.15) is 29.7 Å². The van der Waals surface area contributed by atoms with Crippen LogP contribution in [0.5, 0.6) is 0 Å². The van der Waals surface area contributed by atoms with E-state index < -0.39 is 35.5 Å². The number of carbonyl (C=O) groups is 2.